The zero-order valence-electron chi connectivity index (χ0n) is 11.8. The summed E-state index contributed by atoms with van der Waals surface area (Å²) in [5.74, 6) is 5.36. The standard InChI is InChI=1S/C11H9Cl2NO2.C6H6/c12-6-1-2-7-16-11(15)14-10-5-3-4-9(13)8-10;1-2-4-6-5-3-1/h3-5,8H,6-7H2,(H,14,15);1-6H. The highest BCUT2D eigenvalue weighted by atomic mass is 35.5. The first kappa shape index (κ1) is 17.9. The fraction of sp³-hybridized carbons (Fsp3) is 0.118. The molecular weight excluding hydrogens is 321 g/mol. The van der Waals surface area contributed by atoms with Crippen LogP contribution >= 0.6 is 23.2 Å². The summed E-state index contributed by atoms with van der Waals surface area (Å²) in [5, 5.41) is 3.05. The van der Waals surface area contributed by atoms with Crippen molar-refractivity contribution in [2.75, 3.05) is 17.8 Å². The summed E-state index contributed by atoms with van der Waals surface area (Å²) >= 11 is 11.1. The molecule has 0 bridgehead atoms. The summed E-state index contributed by atoms with van der Waals surface area (Å²) in [6.45, 7) is 0.0130. The number of amides is 1. The molecule has 0 radical (unpaired) electrons. The van der Waals surface area contributed by atoms with Gasteiger partial charge in [-0.3, -0.25) is 5.32 Å². The quantitative estimate of drug-likeness (QED) is 0.631. The molecule has 114 valence electrons. The molecule has 1 N–H and O–H groups in total. The molecule has 0 fully saturated rings. The number of rotatable bonds is 2. The van der Waals surface area contributed by atoms with Crippen molar-refractivity contribution in [3.05, 3.63) is 65.7 Å². The second kappa shape index (κ2) is 11.5. The van der Waals surface area contributed by atoms with Crippen molar-refractivity contribution in [2.45, 2.75) is 0 Å². The van der Waals surface area contributed by atoms with Gasteiger partial charge >= 0.3 is 6.09 Å². The van der Waals surface area contributed by atoms with Crippen LogP contribution in [-0.4, -0.2) is 18.6 Å². The van der Waals surface area contributed by atoms with E-state index in [2.05, 4.69) is 17.2 Å². The van der Waals surface area contributed by atoms with Gasteiger partial charge in [0, 0.05) is 10.7 Å². The molecule has 0 aliphatic heterocycles. The van der Waals surface area contributed by atoms with E-state index in [0.717, 1.165) is 0 Å². The van der Waals surface area contributed by atoms with Gasteiger partial charge < -0.3 is 4.74 Å². The third-order valence-corrected chi connectivity index (χ3v) is 2.57. The molecule has 3 nitrogen and oxygen atoms in total. The third kappa shape index (κ3) is 8.91. The summed E-state index contributed by atoms with van der Waals surface area (Å²) in [7, 11) is 0. The van der Waals surface area contributed by atoms with Gasteiger partial charge in [0.05, 0.1) is 5.88 Å². The zero-order valence-corrected chi connectivity index (χ0v) is 13.3. The summed E-state index contributed by atoms with van der Waals surface area (Å²) in [6.07, 6.45) is -0.578. The molecule has 0 unspecified atom stereocenters. The molecule has 0 aliphatic rings. The molecule has 0 aromatic heterocycles. The Bertz CT molecular complexity index is 595. The van der Waals surface area contributed by atoms with Crippen molar-refractivity contribution in [3.8, 4) is 11.8 Å². The molecule has 0 atom stereocenters. The van der Waals surface area contributed by atoms with Crippen LogP contribution in [0.25, 0.3) is 0 Å². The first-order valence-electron chi connectivity index (χ1n) is 6.43. The monoisotopic (exact) mass is 335 g/mol. The second-order valence-corrected chi connectivity index (χ2v) is 4.56. The predicted octanol–water partition coefficient (Wildman–Crippen LogP) is 4.82. The number of carbonyl (C=O) groups excluding carboxylic acids is 1. The van der Waals surface area contributed by atoms with Crippen LogP contribution in [0.4, 0.5) is 10.5 Å². The smallest absolute Gasteiger partial charge is 0.412 e. The Labute approximate surface area is 140 Å². The SMILES string of the molecule is O=C(Nc1cccc(Cl)c1)OCC#CCCl.c1ccccc1. The fourth-order valence-corrected chi connectivity index (χ4v) is 1.59. The number of carbonyl (C=O) groups is 1. The Hall–Kier alpha value is -2.15. The minimum Gasteiger partial charge on any atom is -0.436 e. The second-order valence-electron chi connectivity index (χ2n) is 3.85. The lowest BCUT2D eigenvalue weighted by Gasteiger charge is -2.04. The first-order chi connectivity index (χ1) is 10.7. The predicted molar refractivity (Wildman–Crippen MR) is 91.4 cm³/mol. The molecule has 0 aliphatic carbocycles. The van der Waals surface area contributed by atoms with Gasteiger partial charge in [-0.15, -0.1) is 11.6 Å². The average molecular weight is 336 g/mol. The minimum absolute atomic E-state index is 0.0130. The fourth-order valence-electron chi connectivity index (χ4n) is 1.30. The van der Waals surface area contributed by atoms with E-state index in [0.29, 0.717) is 10.7 Å². The maximum atomic E-state index is 11.2. The molecule has 2 aromatic rings. The van der Waals surface area contributed by atoms with Gasteiger partial charge in [-0.25, -0.2) is 4.79 Å². The van der Waals surface area contributed by atoms with E-state index in [1.807, 2.05) is 36.4 Å². The normalized spacial score (nSPS) is 8.64. The Morgan fingerprint density at radius 3 is 2.23 bits per heavy atom. The van der Waals surface area contributed by atoms with Gasteiger partial charge in [-0.05, 0) is 18.2 Å². The maximum absolute atomic E-state index is 11.2. The van der Waals surface area contributed by atoms with Crippen molar-refractivity contribution in [1.29, 1.82) is 0 Å². The first-order valence-corrected chi connectivity index (χ1v) is 7.34. The van der Waals surface area contributed by atoms with Gasteiger partial charge in [0.2, 0.25) is 0 Å². The molecule has 2 rings (SSSR count). The number of hydrogen-bond acceptors (Lipinski definition) is 2. The summed E-state index contributed by atoms with van der Waals surface area (Å²) in [6, 6.07) is 18.8. The summed E-state index contributed by atoms with van der Waals surface area (Å²) in [5.41, 5.74) is 0.572. The minimum atomic E-state index is -0.578. The van der Waals surface area contributed by atoms with E-state index >= 15 is 0 Å². The Kier molecular flexibility index (Phi) is 9.36. The Morgan fingerprint density at radius 1 is 1.05 bits per heavy atom. The van der Waals surface area contributed by atoms with Gasteiger partial charge in [0.15, 0.2) is 6.61 Å². The van der Waals surface area contributed by atoms with Gasteiger partial charge in [-0.2, -0.15) is 0 Å². The van der Waals surface area contributed by atoms with Crippen LogP contribution in [0, 0.1) is 11.8 Å². The van der Waals surface area contributed by atoms with E-state index in [9.17, 15) is 4.79 Å². The third-order valence-electron chi connectivity index (χ3n) is 2.20. The van der Waals surface area contributed by atoms with Gasteiger partial charge in [-0.1, -0.05) is 65.9 Å². The van der Waals surface area contributed by atoms with E-state index in [1.54, 1.807) is 24.3 Å². The van der Waals surface area contributed by atoms with Crippen LogP contribution in [0.3, 0.4) is 0 Å². The molecule has 0 saturated heterocycles. The highest BCUT2D eigenvalue weighted by molar-refractivity contribution is 6.30. The van der Waals surface area contributed by atoms with Crippen LogP contribution in [0.5, 0.6) is 0 Å². The Morgan fingerprint density at radius 2 is 1.68 bits per heavy atom. The van der Waals surface area contributed by atoms with E-state index < -0.39 is 6.09 Å². The van der Waals surface area contributed by atoms with Crippen LogP contribution < -0.4 is 5.32 Å². The van der Waals surface area contributed by atoms with E-state index in [-0.39, 0.29) is 12.5 Å². The van der Waals surface area contributed by atoms with E-state index in [4.69, 9.17) is 27.9 Å². The molecular formula is C17H15Cl2NO2. The molecule has 2 aromatic carbocycles. The van der Waals surface area contributed by atoms with Crippen molar-refractivity contribution >= 4 is 35.0 Å². The molecule has 0 heterocycles. The lowest BCUT2D eigenvalue weighted by molar-refractivity contribution is 0.176. The number of anilines is 1. The summed E-state index contributed by atoms with van der Waals surface area (Å²) < 4.78 is 4.76. The van der Waals surface area contributed by atoms with Crippen molar-refractivity contribution in [3.63, 3.8) is 0 Å². The van der Waals surface area contributed by atoms with Crippen LogP contribution in [0.2, 0.25) is 5.02 Å². The van der Waals surface area contributed by atoms with Crippen LogP contribution in [-0.2, 0) is 4.74 Å². The number of nitrogens with one attached hydrogen (secondary N) is 1. The lowest BCUT2D eigenvalue weighted by atomic mass is 10.3. The number of hydrogen-bond donors (Lipinski definition) is 1. The molecule has 0 saturated carbocycles. The van der Waals surface area contributed by atoms with Crippen molar-refractivity contribution in [2.24, 2.45) is 0 Å². The highest BCUT2D eigenvalue weighted by Crippen LogP contribution is 2.14. The largest absolute Gasteiger partial charge is 0.436 e. The van der Waals surface area contributed by atoms with Crippen molar-refractivity contribution in [1.82, 2.24) is 0 Å². The lowest BCUT2D eigenvalue weighted by Crippen LogP contribution is -2.13. The van der Waals surface area contributed by atoms with Crippen molar-refractivity contribution < 1.29 is 9.53 Å². The highest BCUT2D eigenvalue weighted by Gasteiger charge is 2.01. The van der Waals surface area contributed by atoms with E-state index in [1.165, 1.54) is 0 Å². The molecule has 0 spiro atoms. The van der Waals surface area contributed by atoms with Gasteiger partial charge in [0.1, 0.15) is 0 Å². The number of alkyl halides is 1. The average Bonchev–Trinajstić information content (AvgIpc) is 2.54. The molecule has 1 amide bonds. The maximum Gasteiger partial charge on any atom is 0.412 e. The van der Waals surface area contributed by atoms with Crippen LogP contribution in [0.1, 0.15) is 0 Å². The topological polar surface area (TPSA) is 38.3 Å². The summed E-state index contributed by atoms with van der Waals surface area (Å²) in [4.78, 5) is 11.2. The van der Waals surface area contributed by atoms with Gasteiger partial charge in [0.25, 0.3) is 0 Å². The molecule has 22 heavy (non-hydrogen) atoms. The zero-order chi connectivity index (χ0) is 16.0. The van der Waals surface area contributed by atoms with Crippen LogP contribution in [0.15, 0.2) is 60.7 Å². The number of ether oxygens (including phenoxy) is 1. The molecule has 5 heteroatoms. The number of halogens is 2. The Balaban J connectivity index is 0.000000335. The number of benzene rings is 2.